The van der Waals surface area contributed by atoms with Gasteiger partial charge in [-0.05, 0) is 19.4 Å². The molecule has 0 bridgehead atoms. The van der Waals surface area contributed by atoms with E-state index >= 15 is 0 Å². The maximum absolute atomic E-state index is 11.4. The van der Waals surface area contributed by atoms with E-state index < -0.39 is 0 Å². The van der Waals surface area contributed by atoms with Crippen LogP contribution in [-0.4, -0.2) is 77.0 Å². The van der Waals surface area contributed by atoms with Gasteiger partial charge in [-0.15, -0.1) is 0 Å². The van der Waals surface area contributed by atoms with Crippen molar-refractivity contribution >= 4 is 5.91 Å². The Labute approximate surface area is 115 Å². The van der Waals surface area contributed by atoms with Crippen molar-refractivity contribution in [2.45, 2.75) is 12.8 Å². The van der Waals surface area contributed by atoms with E-state index in [0.717, 1.165) is 52.2 Å². The van der Waals surface area contributed by atoms with E-state index in [9.17, 15) is 4.79 Å². The number of hydrogen-bond acceptors (Lipinski definition) is 5. The van der Waals surface area contributed by atoms with Crippen molar-refractivity contribution in [3.05, 3.63) is 0 Å². The molecular formula is C13H27N3O3. The van der Waals surface area contributed by atoms with E-state index in [-0.39, 0.29) is 5.91 Å². The summed E-state index contributed by atoms with van der Waals surface area (Å²) >= 11 is 0. The average Bonchev–Trinajstić information content (AvgIpc) is 2.44. The van der Waals surface area contributed by atoms with E-state index in [1.54, 1.807) is 7.11 Å². The minimum atomic E-state index is 0.0578. The van der Waals surface area contributed by atoms with Gasteiger partial charge >= 0.3 is 0 Å². The molecule has 0 saturated carbocycles. The molecule has 1 aliphatic rings. The number of hydrogen-bond donors (Lipinski definition) is 2. The van der Waals surface area contributed by atoms with Crippen molar-refractivity contribution < 1.29 is 14.3 Å². The fourth-order valence-electron chi connectivity index (χ4n) is 1.95. The molecule has 0 spiro atoms. The van der Waals surface area contributed by atoms with Gasteiger partial charge in [-0.2, -0.15) is 0 Å². The van der Waals surface area contributed by atoms with Crippen LogP contribution in [0.5, 0.6) is 0 Å². The molecule has 19 heavy (non-hydrogen) atoms. The average molecular weight is 273 g/mol. The third-order valence-electron chi connectivity index (χ3n) is 3.10. The number of carbonyl (C=O) groups is 1. The van der Waals surface area contributed by atoms with Crippen LogP contribution >= 0.6 is 0 Å². The lowest BCUT2D eigenvalue weighted by Crippen LogP contribution is -2.37. The summed E-state index contributed by atoms with van der Waals surface area (Å²) in [5, 5.41) is 5.93. The highest BCUT2D eigenvalue weighted by Gasteiger charge is 2.09. The molecule has 1 saturated heterocycles. The second kappa shape index (κ2) is 11.2. The van der Waals surface area contributed by atoms with Crippen LogP contribution in [-0.2, 0) is 14.3 Å². The molecule has 1 amide bonds. The first-order valence-corrected chi connectivity index (χ1v) is 7.09. The summed E-state index contributed by atoms with van der Waals surface area (Å²) in [5.41, 5.74) is 0. The fraction of sp³-hybridized carbons (Fsp3) is 0.923. The van der Waals surface area contributed by atoms with Crippen molar-refractivity contribution in [3.63, 3.8) is 0 Å². The molecule has 0 aromatic heterocycles. The van der Waals surface area contributed by atoms with Crippen molar-refractivity contribution in [2.24, 2.45) is 0 Å². The van der Waals surface area contributed by atoms with Crippen molar-refractivity contribution in [3.8, 4) is 0 Å². The minimum absolute atomic E-state index is 0.0578. The lowest BCUT2D eigenvalue weighted by Gasteiger charge is -2.26. The van der Waals surface area contributed by atoms with Crippen LogP contribution in [0.4, 0.5) is 0 Å². The summed E-state index contributed by atoms with van der Waals surface area (Å²) in [5.74, 6) is 0.0578. The number of nitrogens with one attached hydrogen (secondary N) is 2. The van der Waals surface area contributed by atoms with Crippen LogP contribution in [0.25, 0.3) is 0 Å². The first kappa shape index (κ1) is 16.4. The number of rotatable bonds is 10. The number of methoxy groups -OCH3 is 1. The van der Waals surface area contributed by atoms with Gasteiger partial charge in [0.15, 0.2) is 0 Å². The maximum atomic E-state index is 11.4. The van der Waals surface area contributed by atoms with E-state index in [4.69, 9.17) is 9.47 Å². The summed E-state index contributed by atoms with van der Waals surface area (Å²) in [4.78, 5) is 13.8. The molecule has 1 heterocycles. The lowest BCUT2D eigenvalue weighted by atomic mass is 10.2. The Morgan fingerprint density at radius 3 is 2.79 bits per heavy atom. The van der Waals surface area contributed by atoms with Gasteiger partial charge in [0, 0.05) is 33.3 Å². The number of unbranched alkanes of at least 4 members (excludes halogenated alkanes) is 1. The topological polar surface area (TPSA) is 62.8 Å². The second-order valence-electron chi connectivity index (χ2n) is 4.68. The summed E-state index contributed by atoms with van der Waals surface area (Å²) in [6, 6.07) is 0. The Hall–Kier alpha value is -0.690. The normalized spacial score (nSPS) is 16.5. The standard InChI is InChI=1S/C13H27N3O3/c1-18-9-5-14-12-13(17)15-4-2-3-6-16-7-10-19-11-8-16/h14H,2-12H2,1H3,(H,15,17). The quantitative estimate of drug-likeness (QED) is 0.523. The first-order valence-electron chi connectivity index (χ1n) is 7.09. The van der Waals surface area contributed by atoms with Gasteiger partial charge in [-0.3, -0.25) is 9.69 Å². The van der Waals surface area contributed by atoms with E-state index in [2.05, 4.69) is 15.5 Å². The Kier molecular flexibility index (Phi) is 9.61. The molecule has 0 atom stereocenters. The van der Waals surface area contributed by atoms with Gasteiger partial charge in [0.25, 0.3) is 0 Å². The van der Waals surface area contributed by atoms with Gasteiger partial charge in [0.2, 0.25) is 5.91 Å². The molecule has 0 aromatic carbocycles. The van der Waals surface area contributed by atoms with Gasteiger partial charge in [-0.25, -0.2) is 0 Å². The van der Waals surface area contributed by atoms with Crippen LogP contribution in [0, 0.1) is 0 Å². The number of morpholine rings is 1. The monoisotopic (exact) mass is 273 g/mol. The second-order valence-corrected chi connectivity index (χ2v) is 4.68. The molecule has 0 aromatic rings. The molecular weight excluding hydrogens is 246 g/mol. The van der Waals surface area contributed by atoms with Gasteiger partial charge < -0.3 is 20.1 Å². The lowest BCUT2D eigenvalue weighted by molar-refractivity contribution is -0.120. The Morgan fingerprint density at radius 2 is 2.05 bits per heavy atom. The molecule has 0 aliphatic carbocycles. The highest BCUT2D eigenvalue weighted by atomic mass is 16.5. The number of nitrogens with zero attached hydrogens (tertiary/aromatic N) is 1. The molecule has 112 valence electrons. The van der Waals surface area contributed by atoms with E-state index in [0.29, 0.717) is 19.7 Å². The smallest absolute Gasteiger partial charge is 0.233 e. The molecule has 6 heteroatoms. The van der Waals surface area contributed by atoms with Crippen molar-refractivity contribution in [1.82, 2.24) is 15.5 Å². The van der Waals surface area contributed by atoms with Gasteiger partial charge in [0.05, 0.1) is 26.4 Å². The van der Waals surface area contributed by atoms with Crippen LogP contribution in [0.2, 0.25) is 0 Å². The summed E-state index contributed by atoms with van der Waals surface area (Å²) in [6.07, 6.45) is 2.15. The van der Waals surface area contributed by atoms with E-state index in [1.165, 1.54) is 0 Å². The Balaban J connectivity index is 1.85. The summed E-state index contributed by atoms with van der Waals surface area (Å²) < 4.78 is 10.2. The van der Waals surface area contributed by atoms with Gasteiger partial charge in [-0.1, -0.05) is 0 Å². The number of ether oxygens (including phenoxy) is 2. The third-order valence-corrected chi connectivity index (χ3v) is 3.10. The van der Waals surface area contributed by atoms with Crippen LogP contribution < -0.4 is 10.6 Å². The zero-order valence-electron chi connectivity index (χ0n) is 12.0. The molecule has 0 radical (unpaired) electrons. The molecule has 1 rings (SSSR count). The molecule has 1 fully saturated rings. The van der Waals surface area contributed by atoms with Crippen LogP contribution in [0.3, 0.4) is 0 Å². The van der Waals surface area contributed by atoms with Crippen LogP contribution in [0.1, 0.15) is 12.8 Å². The Bertz CT molecular complexity index is 233. The zero-order valence-corrected chi connectivity index (χ0v) is 12.0. The zero-order chi connectivity index (χ0) is 13.8. The highest BCUT2D eigenvalue weighted by Crippen LogP contribution is 1.99. The fourth-order valence-corrected chi connectivity index (χ4v) is 1.95. The van der Waals surface area contributed by atoms with Gasteiger partial charge in [0.1, 0.15) is 0 Å². The first-order chi connectivity index (χ1) is 9.33. The molecule has 6 nitrogen and oxygen atoms in total. The largest absolute Gasteiger partial charge is 0.383 e. The maximum Gasteiger partial charge on any atom is 0.233 e. The predicted octanol–water partition coefficient (Wildman–Crippen LogP) is -0.549. The number of amides is 1. The van der Waals surface area contributed by atoms with Crippen molar-refractivity contribution in [2.75, 3.05) is 66.2 Å². The Morgan fingerprint density at radius 1 is 1.26 bits per heavy atom. The molecule has 0 unspecified atom stereocenters. The third kappa shape index (κ3) is 8.93. The van der Waals surface area contributed by atoms with Crippen molar-refractivity contribution in [1.29, 1.82) is 0 Å². The molecule has 2 N–H and O–H groups in total. The number of carbonyl (C=O) groups excluding carboxylic acids is 1. The predicted molar refractivity (Wildman–Crippen MR) is 74.2 cm³/mol. The SMILES string of the molecule is COCCNCC(=O)NCCCCN1CCOCC1. The molecule has 1 aliphatic heterocycles. The van der Waals surface area contributed by atoms with E-state index in [1.807, 2.05) is 0 Å². The summed E-state index contributed by atoms with van der Waals surface area (Å²) in [7, 11) is 1.65. The highest BCUT2D eigenvalue weighted by molar-refractivity contribution is 5.77. The minimum Gasteiger partial charge on any atom is -0.383 e. The summed E-state index contributed by atoms with van der Waals surface area (Å²) in [6.45, 7) is 7.35. The van der Waals surface area contributed by atoms with Crippen LogP contribution in [0.15, 0.2) is 0 Å².